The molecular formula is C22H19ClN8O2S. The Labute approximate surface area is 203 Å². The molecule has 2 heterocycles. The normalized spacial score (nSPS) is 14.2. The number of carbonyl (C=O) groups excluding carboxylic acids is 1. The highest BCUT2D eigenvalue weighted by atomic mass is 35.5. The number of rotatable bonds is 6. The van der Waals surface area contributed by atoms with Crippen molar-refractivity contribution in [3.05, 3.63) is 76.1 Å². The monoisotopic (exact) mass is 494 g/mol. The van der Waals surface area contributed by atoms with Crippen molar-refractivity contribution in [1.82, 2.24) is 30.7 Å². The molecule has 5 rings (SSSR count). The van der Waals surface area contributed by atoms with Crippen LogP contribution in [0.5, 0.6) is 0 Å². The van der Waals surface area contributed by atoms with Crippen LogP contribution in [0.1, 0.15) is 40.2 Å². The molecule has 0 unspecified atom stereocenters. The summed E-state index contributed by atoms with van der Waals surface area (Å²) in [6.07, 6.45) is 2.75. The molecule has 0 bridgehead atoms. The number of nitrogens with two attached hydrogens (primary N) is 1. The molecule has 0 spiro atoms. The maximum absolute atomic E-state index is 13.1. The summed E-state index contributed by atoms with van der Waals surface area (Å²) in [6, 6.07) is 15.4. The number of anilines is 1. The van der Waals surface area contributed by atoms with Crippen LogP contribution in [0.2, 0.25) is 5.02 Å². The van der Waals surface area contributed by atoms with Gasteiger partial charge in [0.25, 0.3) is 5.91 Å². The molecule has 2 aromatic carbocycles. The fraction of sp³-hybridized carbons (Fsp3) is 0.182. The third-order valence-electron chi connectivity index (χ3n) is 5.34. The summed E-state index contributed by atoms with van der Waals surface area (Å²) in [5.41, 5.74) is 12.2. The number of hydrogen-bond donors (Lipinski definition) is 2. The van der Waals surface area contributed by atoms with Gasteiger partial charge in [-0.15, -0.1) is 16.9 Å². The molecular weight excluding hydrogens is 476 g/mol. The van der Waals surface area contributed by atoms with Gasteiger partial charge in [0.2, 0.25) is 11.6 Å². The average molecular weight is 495 g/mol. The Morgan fingerprint density at radius 1 is 1.18 bits per heavy atom. The number of aromatic nitrogens is 5. The molecule has 34 heavy (non-hydrogen) atoms. The Balaban J connectivity index is 1.42. The highest BCUT2D eigenvalue weighted by molar-refractivity contribution is 7.98. The molecule has 12 heteroatoms. The molecule has 0 fully saturated rings. The van der Waals surface area contributed by atoms with Crippen LogP contribution in [0, 0.1) is 0 Å². The molecule has 4 aromatic rings. The number of fused-ring (bicyclic) bond motifs is 1. The minimum Gasteiger partial charge on any atom is -0.378 e. The minimum atomic E-state index is -0.483. The number of nitrogens with zero attached hydrogens (tertiary/aromatic N) is 6. The lowest BCUT2D eigenvalue weighted by Gasteiger charge is -2.17. The number of thioether (sulfide) groups is 1. The zero-order valence-corrected chi connectivity index (χ0v) is 19.4. The van der Waals surface area contributed by atoms with E-state index in [1.807, 2.05) is 30.3 Å². The van der Waals surface area contributed by atoms with E-state index in [0.717, 1.165) is 35.4 Å². The van der Waals surface area contributed by atoms with Crippen LogP contribution < -0.4 is 11.2 Å². The number of hydrogen-bond acceptors (Lipinski definition) is 9. The van der Waals surface area contributed by atoms with E-state index in [4.69, 9.17) is 22.0 Å². The van der Waals surface area contributed by atoms with E-state index in [9.17, 15) is 4.79 Å². The van der Waals surface area contributed by atoms with Crippen LogP contribution >= 0.6 is 23.4 Å². The number of halogens is 1. The summed E-state index contributed by atoms with van der Waals surface area (Å²) >= 11 is 7.46. The van der Waals surface area contributed by atoms with Gasteiger partial charge in [-0.05, 0) is 59.4 Å². The number of nitrogens with one attached hydrogen (secondary N) is 1. The molecule has 0 atom stereocenters. The van der Waals surface area contributed by atoms with Gasteiger partial charge in [0.1, 0.15) is 0 Å². The van der Waals surface area contributed by atoms with Gasteiger partial charge in [-0.25, -0.2) is 10.1 Å². The lowest BCUT2D eigenvalue weighted by Crippen LogP contribution is -2.23. The molecule has 0 radical (unpaired) electrons. The zero-order chi connectivity index (χ0) is 23.5. The number of amides is 1. The third kappa shape index (κ3) is 4.52. The molecule has 3 N–H and O–H groups in total. The first-order valence-corrected chi connectivity index (χ1v) is 11.8. The fourth-order valence-electron chi connectivity index (χ4n) is 3.69. The maximum atomic E-state index is 13.1. The van der Waals surface area contributed by atoms with Gasteiger partial charge in [0, 0.05) is 21.2 Å². The lowest BCUT2D eigenvalue weighted by atomic mass is 9.90. The Morgan fingerprint density at radius 3 is 2.79 bits per heavy atom. The fourth-order valence-corrected chi connectivity index (χ4v) is 4.70. The SMILES string of the molecule is Nc1nonc1-n1nnc(C(=O)N/N=C2\CCCc3ccccc32)c1CSc1ccc(Cl)cc1. The Hall–Kier alpha value is -3.70. The van der Waals surface area contributed by atoms with Gasteiger partial charge in [0.05, 0.1) is 11.4 Å². The van der Waals surface area contributed by atoms with Crippen LogP contribution in [0.4, 0.5) is 5.82 Å². The summed E-state index contributed by atoms with van der Waals surface area (Å²) in [4.78, 5) is 14.0. The summed E-state index contributed by atoms with van der Waals surface area (Å²) in [5.74, 6) is 0.0614. The maximum Gasteiger partial charge on any atom is 0.293 e. The molecule has 0 saturated carbocycles. The van der Waals surface area contributed by atoms with Gasteiger partial charge in [-0.2, -0.15) is 9.78 Å². The van der Waals surface area contributed by atoms with E-state index in [0.29, 0.717) is 16.5 Å². The number of nitrogen functional groups attached to an aromatic ring is 1. The van der Waals surface area contributed by atoms with Crippen LogP contribution in [0.25, 0.3) is 5.82 Å². The standard InChI is InChI=1S/C22H19ClN8O2S/c23-14-8-10-15(11-9-14)34-12-18-19(26-30-31(18)21-20(24)28-33-29-21)22(32)27-25-17-7-3-5-13-4-1-2-6-16(13)17/h1-2,4,6,8-11H,3,5,7,12H2,(H2,24,28)(H,27,32)/b25-17+. The van der Waals surface area contributed by atoms with Crippen molar-refractivity contribution in [3.63, 3.8) is 0 Å². The number of aryl methyl sites for hydroxylation is 1. The Kier molecular flexibility index (Phi) is 6.28. The van der Waals surface area contributed by atoms with Crippen molar-refractivity contribution in [3.8, 4) is 5.82 Å². The van der Waals surface area contributed by atoms with E-state index < -0.39 is 5.91 Å². The van der Waals surface area contributed by atoms with Crippen LogP contribution in [-0.4, -0.2) is 36.9 Å². The van der Waals surface area contributed by atoms with E-state index in [1.54, 1.807) is 12.1 Å². The first-order valence-electron chi connectivity index (χ1n) is 10.5. The first kappa shape index (κ1) is 22.1. The third-order valence-corrected chi connectivity index (χ3v) is 6.62. The van der Waals surface area contributed by atoms with Gasteiger partial charge < -0.3 is 5.73 Å². The summed E-state index contributed by atoms with van der Waals surface area (Å²) in [7, 11) is 0. The predicted molar refractivity (Wildman–Crippen MR) is 128 cm³/mol. The van der Waals surface area contributed by atoms with Gasteiger partial charge in [-0.1, -0.05) is 41.1 Å². The number of carbonyl (C=O) groups is 1. The number of benzene rings is 2. The van der Waals surface area contributed by atoms with E-state index in [2.05, 4.69) is 37.2 Å². The first-order chi connectivity index (χ1) is 16.6. The summed E-state index contributed by atoms with van der Waals surface area (Å²) in [6.45, 7) is 0. The van der Waals surface area contributed by atoms with Crippen molar-refractivity contribution >= 4 is 40.8 Å². The van der Waals surface area contributed by atoms with Crippen molar-refractivity contribution in [2.75, 3.05) is 5.73 Å². The molecule has 0 saturated heterocycles. The molecule has 2 aromatic heterocycles. The molecule has 0 aliphatic heterocycles. The highest BCUT2D eigenvalue weighted by Gasteiger charge is 2.24. The second-order valence-electron chi connectivity index (χ2n) is 7.52. The summed E-state index contributed by atoms with van der Waals surface area (Å²) in [5, 5.41) is 20.6. The second kappa shape index (κ2) is 9.65. The quantitative estimate of drug-likeness (QED) is 0.306. The topological polar surface area (TPSA) is 137 Å². The second-order valence-corrected chi connectivity index (χ2v) is 9.01. The lowest BCUT2D eigenvalue weighted by molar-refractivity contribution is 0.0949. The van der Waals surface area contributed by atoms with Gasteiger partial charge in [-0.3, -0.25) is 4.79 Å². The largest absolute Gasteiger partial charge is 0.378 e. The van der Waals surface area contributed by atoms with Crippen LogP contribution in [0.15, 0.2) is 63.2 Å². The van der Waals surface area contributed by atoms with Crippen molar-refractivity contribution in [1.29, 1.82) is 0 Å². The van der Waals surface area contributed by atoms with Crippen molar-refractivity contribution in [2.45, 2.75) is 29.9 Å². The van der Waals surface area contributed by atoms with Crippen molar-refractivity contribution in [2.24, 2.45) is 5.10 Å². The average Bonchev–Trinajstić information content (AvgIpc) is 3.47. The van der Waals surface area contributed by atoms with Crippen LogP contribution in [-0.2, 0) is 12.2 Å². The molecule has 1 aliphatic rings. The predicted octanol–water partition coefficient (Wildman–Crippen LogP) is 3.65. The Morgan fingerprint density at radius 2 is 2.00 bits per heavy atom. The number of hydrazone groups is 1. The van der Waals surface area contributed by atoms with Crippen molar-refractivity contribution < 1.29 is 9.42 Å². The zero-order valence-electron chi connectivity index (χ0n) is 17.8. The van der Waals surface area contributed by atoms with Crippen LogP contribution in [0.3, 0.4) is 0 Å². The molecule has 10 nitrogen and oxygen atoms in total. The summed E-state index contributed by atoms with van der Waals surface area (Å²) < 4.78 is 6.06. The van der Waals surface area contributed by atoms with E-state index in [1.165, 1.54) is 22.0 Å². The van der Waals surface area contributed by atoms with Gasteiger partial charge >= 0.3 is 0 Å². The highest BCUT2D eigenvalue weighted by Crippen LogP contribution is 2.27. The van der Waals surface area contributed by atoms with Gasteiger partial charge in [0.15, 0.2) is 5.69 Å². The Bertz CT molecular complexity index is 1370. The van der Waals surface area contributed by atoms with E-state index in [-0.39, 0.29) is 17.3 Å². The smallest absolute Gasteiger partial charge is 0.293 e. The molecule has 172 valence electrons. The van der Waals surface area contributed by atoms with E-state index >= 15 is 0 Å². The molecule has 1 aliphatic carbocycles. The minimum absolute atomic E-state index is 0.0358. The molecule has 1 amide bonds.